The molecule has 1 saturated heterocycles. The third kappa shape index (κ3) is 3.34. The van der Waals surface area contributed by atoms with Gasteiger partial charge in [-0.3, -0.25) is 4.98 Å². The average molecular weight is 384 g/mol. The fourth-order valence-electron chi connectivity index (χ4n) is 3.80. The number of piperidine rings is 1. The van der Waals surface area contributed by atoms with Crippen molar-refractivity contribution in [2.24, 2.45) is 0 Å². The summed E-state index contributed by atoms with van der Waals surface area (Å²) in [6, 6.07) is 3.71. The summed E-state index contributed by atoms with van der Waals surface area (Å²) < 4.78 is 26.7. The molecule has 0 saturated carbocycles. The Hall–Kier alpha value is -2.70. The van der Waals surface area contributed by atoms with Gasteiger partial charge in [0.25, 0.3) is 0 Å². The highest BCUT2D eigenvalue weighted by atomic mass is 32.2. The summed E-state index contributed by atoms with van der Waals surface area (Å²) in [5, 5.41) is 11.7. The van der Waals surface area contributed by atoms with Crippen molar-refractivity contribution in [2.75, 3.05) is 17.2 Å². The molecule has 0 aliphatic carbocycles. The number of aromatic nitrogens is 3. The van der Waals surface area contributed by atoms with Crippen LogP contribution in [0.4, 0.5) is 5.69 Å². The summed E-state index contributed by atoms with van der Waals surface area (Å²) >= 11 is 0. The molecule has 2 atom stereocenters. The monoisotopic (exact) mass is 384 g/mol. The van der Waals surface area contributed by atoms with Gasteiger partial charge in [-0.2, -0.15) is 5.26 Å². The van der Waals surface area contributed by atoms with Crippen molar-refractivity contribution in [3.8, 4) is 6.07 Å². The molecule has 0 aromatic carbocycles. The van der Waals surface area contributed by atoms with Crippen LogP contribution in [0, 0.1) is 11.3 Å². The Bertz CT molecular complexity index is 1130. The fraction of sp³-hybridized carbons (Fsp3) is 0.389. The van der Waals surface area contributed by atoms with Crippen LogP contribution in [-0.2, 0) is 10.0 Å². The van der Waals surface area contributed by atoms with E-state index in [4.69, 9.17) is 5.26 Å². The van der Waals surface area contributed by atoms with Gasteiger partial charge in [0, 0.05) is 53.4 Å². The molecule has 2 N–H and O–H groups in total. The number of pyridine rings is 2. The zero-order valence-electron chi connectivity index (χ0n) is 14.9. The zero-order valence-corrected chi connectivity index (χ0v) is 15.7. The van der Waals surface area contributed by atoms with Crippen molar-refractivity contribution >= 4 is 37.5 Å². The van der Waals surface area contributed by atoms with E-state index in [1.54, 1.807) is 18.5 Å². The van der Waals surface area contributed by atoms with E-state index in [0.29, 0.717) is 6.54 Å². The number of rotatable bonds is 4. The van der Waals surface area contributed by atoms with Crippen LogP contribution in [-0.4, -0.2) is 47.8 Å². The smallest absolute Gasteiger partial charge is 0.225 e. The predicted molar refractivity (Wildman–Crippen MR) is 104 cm³/mol. The van der Waals surface area contributed by atoms with Crippen LogP contribution in [0.25, 0.3) is 21.8 Å². The molecule has 3 aromatic rings. The van der Waals surface area contributed by atoms with Gasteiger partial charge in [0.05, 0.1) is 18.0 Å². The fourth-order valence-corrected chi connectivity index (χ4v) is 4.75. The largest absolute Gasteiger partial charge is 0.365 e. The van der Waals surface area contributed by atoms with Gasteiger partial charge < -0.3 is 9.88 Å². The van der Waals surface area contributed by atoms with Crippen molar-refractivity contribution < 1.29 is 8.42 Å². The Morgan fingerprint density at radius 3 is 3.04 bits per heavy atom. The molecule has 4 heterocycles. The molecule has 0 radical (unpaired) electrons. The van der Waals surface area contributed by atoms with E-state index in [1.165, 1.54) is 0 Å². The Morgan fingerprint density at radius 2 is 2.22 bits per heavy atom. The van der Waals surface area contributed by atoms with Gasteiger partial charge >= 0.3 is 0 Å². The van der Waals surface area contributed by atoms with Gasteiger partial charge in [-0.15, -0.1) is 0 Å². The first-order valence-electron chi connectivity index (χ1n) is 8.82. The number of nitrogens with one attached hydrogen (secondary N) is 2. The van der Waals surface area contributed by atoms with Gasteiger partial charge in [0.15, 0.2) is 5.75 Å². The number of aromatic amines is 1. The van der Waals surface area contributed by atoms with E-state index in [9.17, 15) is 8.42 Å². The number of anilines is 1. The minimum Gasteiger partial charge on any atom is -0.365 e. The maximum Gasteiger partial charge on any atom is 0.225 e. The summed E-state index contributed by atoms with van der Waals surface area (Å²) in [5.74, 6) is -0.523. The molecule has 8 nitrogen and oxygen atoms in total. The molecule has 140 valence electrons. The molecule has 2 unspecified atom stereocenters. The third-order valence-electron chi connectivity index (χ3n) is 5.07. The second-order valence-corrected chi connectivity index (χ2v) is 8.69. The second-order valence-electron chi connectivity index (χ2n) is 6.93. The second kappa shape index (κ2) is 6.79. The normalized spacial score (nSPS) is 20.8. The van der Waals surface area contributed by atoms with Gasteiger partial charge in [-0.05, 0) is 25.8 Å². The number of hydrogen-bond acceptors (Lipinski definition) is 6. The molecule has 4 rings (SSSR count). The highest BCUT2D eigenvalue weighted by molar-refractivity contribution is 7.89. The van der Waals surface area contributed by atoms with E-state index in [-0.39, 0.29) is 12.1 Å². The van der Waals surface area contributed by atoms with E-state index in [2.05, 4.69) is 31.5 Å². The topological polar surface area (TPSA) is 115 Å². The first kappa shape index (κ1) is 17.7. The van der Waals surface area contributed by atoms with Crippen molar-refractivity contribution in [3.05, 3.63) is 30.9 Å². The highest BCUT2D eigenvalue weighted by Gasteiger charge is 2.29. The molecule has 9 heteroatoms. The molecular formula is C18H20N6O2S. The Balaban J connectivity index is 1.73. The molecule has 1 aliphatic heterocycles. The number of fused-ring (bicyclic) bond motifs is 3. The summed E-state index contributed by atoms with van der Waals surface area (Å²) in [7, 11) is -3.59. The number of nitrogens with zero attached hydrogens (tertiary/aromatic N) is 4. The van der Waals surface area contributed by atoms with E-state index in [1.807, 2.05) is 18.5 Å². The SMILES string of the molecule is CC1CCC(NS(=O)(=O)CC#N)CN1c1cncc2cnc3[nH]ccc3c12. The first-order chi connectivity index (χ1) is 13.0. The lowest BCUT2D eigenvalue weighted by Gasteiger charge is -2.40. The van der Waals surface area contributed by atoms with Crippen LogP contribution in [0.3, 0.4) is 0 Å². The predicted octanol–water partition coefficient (Wildman–Crippen LogP) is 1.91. The number of H-pyrrole nitrogens is 1. The molecule has 27 heavy (non-hydrogen) atoms. The maximum absolute atomic E-state index is 12.0. The maximum atomic E-state index is 12.0. The Labute approximate surface area is 157 Å². The molecule has 3 aromatic heterocycles. The van der Waals surface area contributed by atoms with Crippen LogP contribution in [0.1, 0.15) is 19.8 Å². The van der Waals surface area contributed by atoms with E-state index < -0.39 is 15.8 Å². The summed E-state index contributed by atoms with van der Waals surface area (Å²) in [6.07, 6.45) is 8.86. The minimum absolute atomic E-state index is 0.238. The zero-order chi connectivity index (χ0) is 19.0. The van der Waals surface area contributed by atoms with Crippen LogP contribution in [0.2, 0.25) is 0 Å². The van der Waals surface area contributed by atoms with Crippen LogP contribution in [0.15, 0.2) is 30.9 Å². The van der Waals surface area contributed by atoms with Gasteiger partial charge in [-0.25, -0.2) is 18.1 Å². The quantitative estimate of drug-likeness (QED) is 0.710. The molecule has 0 amide bonds. The molecule has 1 fully saturated rings. The van der Waals surface area contributed by atoms with E-state index >= 15 is 0 Å². The van der Waals surface area contributed by atoms with Crippen LogP contribution >= 0.6 is 0 Å². The van der Waals surface area contributed by atoms with Crippen LogP contribution in [0.5, 0.6) is 0 Å². The molecule has 1 aliphatic rings. The van der Waals surface area contributed by atoms with Crippen molar-refractivity contribution in [3.63, 3.8) is 0 Å². The summed E-state index contributed by atoms with van der Waals surface area (Å²) in [4.78, 5) is 14.1. The van der Waals surface area contributed by atoms with Crippen molar-refractivity contribution in [1.82, 2.24) is 19.7 Å². The lowest BCUT2D eigenvalue weighted by Crippen LogP contribution is -2.51. The standard InChI is InChI=1S/C18H20N6O2S/c1-12-2-3-14(23-27(25,26)7-5-19)11-24(12)16-10-20-8-13-9-22-18-15(17(13)16)4-6-21-18/h4,6,8-10,12,14,23H,2-3,7,11H2,1H3,(H,21,22). The van der Waals surface area contributed by atoms with Gasteiger partial charge in [0.2, 0.25) is 10.0 Å². The lowest BCUT2D eigenvalue weighted by molar-refractivity contribution is 0.413. The summed E-state index contributed by atoms with van der Waals surface area (Å²) in [5.41, 5.74) is 1.78. The number of sulfonamides is 1. The van der Waals surface area contributed by atoms with Crippen molar-refractivity contribution in [1.29, 1.82) is 5.26 Å². The van der Waals surface area contributed by atoms with Crippen molar-refractivity contribution in [2.45, 2.75) is 31.8 Å². The van der Waals surface area contributed by atoms with Crippen LogP contribution < -0.4 is 9.62 Å². The van der Waals surface area contributed by atoms with E-state index in [0.717, 1.165) is 40.3 Å². The minimum atomic E-state index is -3.59. The Morgan fingerprint density at radius 1 is 1.37 bits per heavy atom. The first-order valence-corrected chi connectivity index (χ1v) is 10.5. The molecule has 0 spiro atoms. The highest BCUT2D eigenvalue weighted by Crippen LogP contribution is 2.34. The number of hydrogen-bond donors (Lipinski definition) is 2. The third-order valence-corrected chi connectivity index (χ3v) is 6.28. The Kier molecular flexibility index (Phi) is 4.45. The van der Waals surface area contributed by atoms with Gasteiger partial charge in [0.1, 0.15) is 5.65 Å². The average Bonchev–Trinajstić information content (AvgIpc) is 3.11. The summed E-state index contributed by atoms with van der Waals surface area (Å²) in [6.45, 7) is 2.66. The lowest BCUT2D eigenvalue weighted by atomic mass is 9.98. The van der Waals surface area contributed by atoms with Gasteiger partial charge in [-0.1, -0.05) is 0 Å². The molecular weight excluding hydrogens is 364 g/mol. The molecule has 0 bridgehead atoms. The number of nitriles is 1.